The topological polar surface area (TPSA) is 87.7 Å². The van der Waals surface area contributed by atoms with Crippen molar-refractivity contribution < 1.29 is 17.9 Å². The van der Waals surface area contributed by atoms with E-state index in [-0.39, 0.29) is 34.0 Å². The molecule has 7 nitrogen and oxygen atoms in total. The summed E-state index contributed by atoms with van der Waals surface area (Å²) < 4.78 is 33.3. The number of nitrogens with one attached hydrogen (secondary N) is 2. The van der Waals surface area contributed by atoms with Crippen LogP contribution in [0, 0.1) is 0 Å². The van der Waals surface area contributed by atoms with Gasteiger partial charge in [0.15, 0.2) is 0 Å². The highest BCUT2D eigenvalue weighted by Gasteiger charge is 2.23. The summed E-state index contributed by atoms with van der Waals surface area (Å²) in [6.45, 7) is 1.14. The summed E-state index contributed by atoms with van der Waals surface area (Å²) in [7, 11) is 0.0252. The summed E-state index contributed by atoms with van der Waals surface area (Å²) in [5.74, 6) is -0.377. The molecule has 0 aliphatic carbocycles. The lowest BCUT2D eigenvalue weighted by Crippen LogP contribution is -2.32. The van der Waals surface area contributed by atoms with Crippen LogP contribution in [0.2, 0.25) is 5.02 Å². The van der Waals surface area contributed by atoms with Crippen molar-refractivity contribution in [3.63, 3.8) is 0 Å². The second-order valence-corrected chi connectivity index (χ2v) is 9.52. The zero-order valence-corrected chi connectivity index (χ0v) is 18.6. The number of ether oxygens (including phenoxy) is 1. The average Bonchev–Trinajstić information content (AvgIpc) is 3.25. The lowest BCUT2D eigenvalue weighted by atomic mass is 10.1. The number of anilines is 1. The van der Waals surface area contributed by atoms with Gasteiger partial charge in [-0.05, 0) is 48.7 Å². The highest BCUT2D eigenvalue weighted by atomic mass is 35.5. The van der Waals surface area contributed by atoms with Gasteiger partial charge in [-0.25, -0.2) is 13.1 Å². The molecule has 1 amide bonds. The van der Waals surface area contributed by atoms with Crippen LogP contribution in [0.15, 0.2) is 47.4 Å². The number of carbonyl (C=O) groups excluding carboxylic acids is 1. The maximum absolute atomic E-state index is 12.7. The van der Waals surface area contributed by atoms with Gasteiger partial charge in [-0.15, -0.1) is 0 Å². The number of carbonyl (C=O) groups is 1. The van der Waals surface area contributed by atoms with E-state index in [0.29, 0.717) is 13.2 Å². The second-order valence-electron chi connectivity index (χ2n) is 7.38. The van der Waals surface area contributed by atoms with E-state index in [4.69, 9.17) is 16.3 Å². The van der Waals surface area contributed by atoms with Crippen molar-refractivity contribution in [2.45, 2.75) is 30.4 Å². The van der Waals surface area contributed by atoms with Crippen molar-refractivity contribution in [2.75, 3.05) is 32.1 Å². The number of halogens is 1. The Morgan fingerprint density at radius 1 is 1.23 bits per heavy atom. The molecule has 0 spiro atoms. The largest absolute Gasteiger partial charge is 0.378 e. The number of rotatable bonds is 8. The molecule has 2 aromatic rings. The summed E-state index contributed by atoms with van der Waals surface area (Å²) >= 11 is 6.11. The molecule has 30 heavy (non-hydrogen) atoms. The van der Waals surface area contributed by atoms with Crippen LogP contribution >= 0.6 is 11.6 Å². The molecule has 2 N–H and O–H groups in total. The highest BCUT2D eigenvalue weighted by molar-refractivity contribution is 7.89. The smallest absolute Gasteiger partial charge is 0.251 e. The third-order valence-corrected chi connectivity index (χ3v) is 6.79. The predicted octanol–water partition coefficient (Wildman–Crippen LogP) is 2.79. The maximum atomic E-state index is 12.7. The number of nitrogens with zero attached hydrogens (tertiary/aromatic N) is 1. The van der Waals surface area contributed by atoms with Crippen molar-refractivity contribution in [1.29, 1.82) is 0 Å². The van der Waals surface area contributed by atoms with Crippen LogP contribution in [0.25, 0.3) is 0 Å². The summed E-state index contributed by atoms with van der Waals surface area (Å²) in [6.07, 6.45) is 1.59. The minimum Gasteiger partial charge on any atom is -0.378 e. The van der Waals surface area contributed by atoms with Crippen molar-refractivity contribution in [3.05, 3.63) is 58.6 Å². The molecule has 1 atom stereocenters. The van der Waals surface area contributed by atoms with Crippen LogP contribution in [0.3, 0.4) is 0 Å². The predicted molar refractivity (Wildman–Crippen MR) is 118 cm³/mol. The summed E-state index contributed by atoms with van der Waals surface area (Å²) in [5, 5.41) is 2.88. The van der Waals surface area contributed by atoms with Crippen LogP contribution in [-0.2, 0) is 21.3 Å². The molecule has 0 saturated carbocycles. The summed E-state index contributed by atoms with van der Waals surface area (Å²) in [6, 6.07) is 12.0. The Morgan fingerprint density at radius 3 is 2.73 bits per heavy atom. The third kappa shape index (κ3) is 5.72. The molecule has 0 radical (unpaired) electrons. The molecule has 2 aromatic carbocycles. The minimum absolute atomic E-state index is 0.0603. The van der Waals surface area contributed by atoms with E-state index in [9.17, 15) is 13.2 Å². The first-order valence-corrected chi connectivity index (χ1v) is 11.6. The molecule has 1 unspecified atom stereocenters. The average molecular weight is 452 g/mol. The van der Waals surface area contributed by atoms with Gasteiger partial charge in [0.1, 0.15) is 4.90 Å². The Morgan fingerprint density at radius 2 is 2.03 bits per heavy atom. The van der Waals surface area contributed by atoms with Gasteiger partial charge in [0, 0.05) is 45.0 Å². The molecule has 0 aromatic heterocycles. The second kappa shape index (κ2) is 9.78. The van der Waals surface area contributed by atoms with E-state index in [0.717, 1.165) is 24.1 Å². The van der Waals surface area contributed by atoms with E-state index < -0.39 is 10.0 Å². The first kappa shape index (κ1) is 22.6. The van der Waals surface area contributed by atoms with Crippen molar-refractivity contribution in [2.24, 2.45) is 0 Å². The van der Waals surface area contributed by atoms with Crippen LogP contribution in [0.1, 0.15) is 28.8 Å². The van der Waals surface area contributed by atoms with Gasteiger partial charge in [-0.1, -0.05) is 23.7 Å². The summed E-state index contributed by atoms with van der Waals surface area (Å²) in [4.78, 5) is 14.5. The monoisotopic (exact) mass is 451 g/mol. The Bertz CT molecular complexity index is 1010. The fourth-order valence-electron chi connectivity index (χ4n) is 3.17. The van der Waals surface area contributed by atoms with E-state index in [1.54, 1.807) is 0 Å². The van der Waals surface area contributed by atoms with Gasteiger partial charge in [0.25, 0.3) is 5.91 Å². The Kier molecular flexibility index (Phi) is 7.36. The normalized spacial score (nSPS) is 16.4. The molecule has 1 saturated heterocycles. The van der Waals surface area contributed by atoms with E-state index >= 15 is 0 Å². The number of benzene rings is 2. The molecule has 0 bridgehead atoms. The molecular weight excluding hydrogens is 426 g/mol. The standard InChI is InChI=1S/C21H26ClN3O4S/c1-25(2)17-6-3-5-15(11-17)13-23-21(26)16-8-9-19(22)20(12-16)30(27,28)24-14-18-7-4-10-29-18/h3,5-6,8-9,11-12,18,24H,4,7,10,13-14H2,1-2H3,(H,23,26). The molecule has 1 aliphatic rings. The molecule has 1 heterocycles. The van der Waals surface area contributed by atoms with Gasteiger partial charge in [-0.2, -0.15) is 0 Å². The van der Waals surface area contributed by atoms with Crippen molar-refractivity contribution in [3.8, 4) is 0 Å². The summed E-state index contributed by atoms with van der Waals surface area (Å²) in [5.41, 5.74) is 2.19. The van der Waals surface area contributed by atoms with Crippen LogP contribution < -0.4 is 14.9 Å². The van der Waals surface area contributed by atoms with E-state index in [2.05, 4.69) is 10.0 Å². The lowest BCUT2D eigenvalue weighted by molar-refractivity contribution is 0.0950. The van der Waals surface area contributed by atoms with Gasteiger partial charge in [0.05, 0.1) is 11.1 Å². The molecule has 3 rings (SSSR count). The van der Waals surface area contributed by atoms with Gasteiger partial charge >= 0.3 is 0 Å². The van der Waals surface area contributed by atoms with E-state index in [1.807, 2.05) is 43.3 Å². The molecule has 9 heteroatoms. The van der Waals surface area contributed by atoms with E-state index in [1.165, 1.54) is 18.2 Å². The molecule has 1 aliphatic heterocycles. The molecule has 1 fully saturated rings. The Hall–Kier alpha value is -2.13. The minimum atomic E-state index is -3.86. The first-order chi connectivity index (χ1) is 14.3. The van der Waals surface area contributed by atoms with Crippen molar-refractivity contribution >= 4 is 33.2 Å². The van der Waals surface area contributed by atoms with Crippen LogP contribution in [0.4, 0.5) is 5.69 Å². The van der Waals surface area contributed by atoms with Gasteiger partial charge in [-0.3, -0.25) is 4.79 Å². The fourth-order valence-corrected chi connectivity index (χ4v) is 4.76. The molecular formula is C21H26ClN3O4S. The Labute approximate surface area is 182 Å². The third-order valence-electron chi connectivity index (χ3n) is 4.89. The van der Waals surface area contributed by atoms with Crippen LogP contribution in [-0.4, -0.2) is 47.7 Å². The quantitative estimate of drug-likeness (QED) is 0.644. The molecule has 162 valence electrons. The Balaban J connectivity index is 1.69. The SMILES string of the molecule is CN(C)c1cccc(CNC(=O)c2ccc(Cl)c(S(=O)(=O)NCC3CCCO3)c2)c1. The van der Waals surface area contributed by atoms with Crippen LogP contribution in [0.5, 0.6) is 0 Å². The number of hydrogen-bond donors (Lipinski definition) is 2. The van der Waals surface area contributed by atoms with Crippen molar-refractivity contribution in [1.82, 2.24) is 10.0 Å². The number of sulfonamides is 1. The zero-order valence-electron chi connectivity index (χ0n) is 17.0. The lowest BCUT2D eigenvalue weighted by Gasteiger charge is -2.14. The first-order valence-electron chi connectivity index (χ1n) is 9.71. The zero-order chi connectivity index (χ0) is 21.7. The number of amides is 1. The van der Waals surface area contributed by atoms with Gasteiger partial charge in [0.2, 0.25) is 10.0 Å². The van der Waals surface area contributed by atoms with Gasteiger partial charge < -0.3 is 15.0 Å². The highest BCUT2D eigenvalue weighted by Crippen LogP contribution is 2.23. The maximum Gasteiger partial charge on any atom is 0.251 e. The fraction of sp³-hybridized carbons (Fsp3) is 0.381. The number of hydrogen-bond acceptors (Lipinski definition) is 5.